The standard InChI is InChI=1S/C9H16N2OS/c1-7(2)5-10-9(13)11-8-3-4-12-6-8/h8H,1,3-6H2,2H3,(H2,10,11,13). The van der Waals surface area contributed by atoms with E-state index in [9.17, 15) is 0 Å². The van der Waals surface area contributed by atoms with Crippen molar-refractivity contribution in [3.8, 4) is 0 Å². The maximum absolute atomic E-state index is 5.22. The van der Waals surface area contributed by atoms with E-state index >= 15 is 0 Å². The van der Waals surface area contributed by atoms with E-state index in [2.05, 4.69) is 17.2 Å². The molecule has 1 heterocycles. The van der Waals surface area contributed by atoms with Crippen LogP contribution in [0.2, 0.25) is 0 Å². The van der Waals surface area contributed by atoms with E-state index in [4.69, 9.17) is 17.0 Å². The van der Waals surface area contributed by atoms with Crippen molar-refractivity contribution in [2.45, 2.75) is 19.4 Å². The summed E-state index contributed by atoms with van der Waals surface area (Å²) in [5, 5.41) is 6.96. The summed E-state index contributed by atoms with van der Waals surface area (Å²) >= 11 is 5.09. The Morgan fingerprint density at radius 3 is 3.00 bits per heavy atom. The van der Waals surface area contributed by atoms with E-state index in [0.29, 0.717) is 11.2 Å². The van der Waals surface area contributed by atoms with Gasteiger partial charge in [-0.1, -0.05) is 12.2 Å². The lowest BCUT2D eigenvalue weighted by Gasteiger charge is -2.14. The van der Waals surface area contributed by atoms with Crippen LogP contribution in [0.4, 0.5) is 0 Å². The molecule has 0 aromatic carbocycles. The minimum Gasteiger partial charge on any atom is -0.379 e. The van der Waals surface area contributed by atoms with E-state index in [1.165, 1.54) is 0 Å². The minimum atomic E-state index is 0.380. The summed E-state index contributed by atoms with van der Waals surface area (Å²) in [5.74, 6) is 0. The highest BCUT2D eigenvalue weighted by molar-refractivity contribution is 7.80. The van der Waals surface area contributed by atoms with Gasteiger partial charge >= 0.3 is 0 Å². The van der Waals surface area contributed by atoms with Gasteiger partial charge in [0, 0.05) is 13.2 Å². The molecule has 13 heavy (non-hydrogen) atoms. The molecule has 2 N–H and O–H groups in total. The third-order valence-corrected chi connectivity index (χ3v) is 2.08. The molecule has 0 radical (unpaired) electrons. The van der Waals surface area contributed by atoms with E-state index in [1.807, 2.05) is 6.92 Å². The van der Waals surface area contributed by atoms with E-state index in [-0.39, 0.29) is 0 Å². The molecule has 1 aliphatic rings. The molecule has 74 valence electrons. The van der Waals surface area contributed by atoms with Crippen molar-refractivity contribution in [2.24, 2.45) is 0 Å². The Morgan fingerprint density at radius 2 is 2.46 bits per heavy atom. The first-order valence-corrected chi connectivity index (χ1v) is 4.86. The molecule has 0 amide bonds. The lowest BCUT2D eigenvalue weighted by molar-refractivity contribution is 0.192. The maximum atomic E-state index is 5.22. The molecule has 4 heteroatoms. The second-order valence-corrected chi connectivity index (χ2v) is 3.75. The zero-order valence-electron chi connectivity index (χ0n) is 7.93. The number of nitrogens with one attached hydrogen (secondary N) is 2. The summed E-state index contributed by atoms with van der Waals surface area (Å²) in [6.07, 6.45) is 1.04. The minimum absolute atomic E-state index is 0.380. The summed E-state index contributed by atoms with van der Waals surface area (Å²) < 4.78 is 5.22. The van der Waals surface area contributed by atoms with Crippen LogP contribution in [0, 0.1) is 0 Å². The van der Waals surface area contributed by atoms with Gasteiger partial charge in [0.25, 0.3) is 0 Å². The summed E-state index contributed by atoms with van der Waals surface area (Å²) in [4.78, 5) is 0. The van der Waals surface area contributed by atoms with Crippen molar-refractivity contribution in [2.75, 3.05) is 19.8 Å². The lowest BCUT2D eigenvalue weighted by atomic mass is 10.3. The fourth-order valence-electron chi connectivity index (χ4n) is 1.12. The third kappa shape index (κ3) is 4.24. The molecule has 1 rings (SSSR count). The third-order valence-electron chi connectivity index (χ3n) is 1.82. The van der Waals surface area contributed by atoms with Crippen molar-refractivity contribution in [3.63, 3.8) is 0 Å². The fourth-order valence-corrected chi connectivity index (χ4v) is 1.35. The van der Waals surface area contributed by atoms with Gasteiger partial charge in [-0.05, 0) is 25.6 Å². The molecular weight excluding hydrogens is 184 g/mol. The molecule has 0 aliphatic carbocycles. The number of hydrogen-bond donors (Lipinski definition) is 2. The molecule has 1 saturated heterocycles. The van der Waals surface area contributed by atoms with Gasteiger partial charge in [0.05, 0.1) is 12.6 Å². The lowest BCUT2D eigenvalue weighted by Crippen LogP contribution is -2.42. The van der Waals surface area contributed by atoms with Crippen LogP contribution in [0.1, 0.15) is 13.3 Å². The Hall–Kier alpha value is -0.610. The SMILES string of the molecule is C=C(C)CNC(=S)NC1CCOC1. The van der Waals surface area contributed by atoms with E-state index < -0.39 is 0 Å². The molecule has 1 atom stereocenters. The Labute approximate surface area is 84.5 Å². The van der Waals surface area contributed by atoms with Crippen molar-refractivity contribution in [3.05, 3.63) is 12.2 Å². The molecular formula is C9H16N2OS. The zero-order valence-corrected chi connectivity index (χ0v) is 8.75. The topological polar surface area (TPSA) is 33.3 Å². The average molecular weight is 200 g/mol. The first-order chi connectivity index (χ1) is 6.18. The van der Waals surface area contributed by atoms with Gasteiger partial charge in [0.1, 0.15) is 0 Å². The molecule has 3 nitrogen and oxygen atoms in total. The summed E-state index contributed by atoms with van der Waals surface area (Å²) in [7, 11) is 0. The van der Waals surface area contributed by atoms with Gasteiger partial charge in [0.2, 0.25) is 0 Å². The highest BCUT2D eigenvalue weighted by atomic mass is 32.1. The highest BCUT2D eigenvalue weighted by Crippen LogP contribution is 2.02. The van der Waals surface area contributed by atoms with Crippen LogP contribution < -0.4 is 10.6 Å². The Kier molecular flexibility index (Phi) is 4.18. The van der Waals surface area contributed by atoms with Crippen LogP contribution in [0.15, 0.2) is 12.2 Å². The fraction of sp³-hybridized carbons (Fsp3) is 0.667. The zero-order chi connectivity index (χ0) is 9.68. The van der Waals surface area contributed by atoms with Crippen LogP contribution in [-0.2, 0) is 4.74 Å². The molecule has 0 aromatic rings. The number of ether oxygens (including phenoxy) is 1. The van der Waals surface area contributed by atoms with Crippen molar-refractivity contribution in [1.82, 2.24) is 10.6 Å². The van der Waals surface area contributed by atoms with Gasteiger partial charge in [0.15, 0.2) is 5.11 Å². The predicted octanol–water partition coefficient (Wildman–Crippen LogP) is 0.816. The largest absolute Gasteiger partial charge is 0.379 e. The highest BCUT2D eigenvalue weighted by Gasteiger charge is 2.15. The van der Waals surface area contributed by atoms with Crippen molar-refractivity contribution >= 4 is 17.3 Å². The number of thiocarbonyl (C=S) groups is 1. The Balaban J connectivity index is 2.13. The van der Waals surface area contributed by atoms with Crippen molar-refractivity contribution in [1.29, 1.82) is 0 Å². The summed E-state index contributed by atoms with van der Waals surface area (Å²) in [6.45, 7) is 8.08. The molecule has 1 fully saturated rings. The molecule has 1 unspecified atom stereocenters. The first-order valence-electron chi connectivity index (χ1n) is 4.45. The molecule has 1 aliphatic heterocycles. The number of hydrogen-bond acceptors (Lipinski definition) is 2. The monoisotopic (exact) mass is 200 g/mol. The Morgan fingerprint density at radius 1 is 1.69 bits per heavy atom. The van der Waals surface area contributed by atoms with Gasteiger partial charge in [-0.25, -0.2) is 0 Å². The van der Waals surface area contributed by atoms with E-state index in [1.54, 1.807) is 0 Å². The molecule has 0 bridgehead atoms. The first kappa shape index (κ1) is 10.5. The molecule has 0 saturated carbocycles. The molecule has 0 aromatic heterocycles. The predicted molar refractivity (Wildman–Crippen MR) is 57.8 cm³/mol. The van der Waals surface area contributed by atoms with Crippen LogP contribution in [-0.4, -0.2) is 30.9 Å². The molecule has 0 spiro atoms. The van der Waals surface area contributed by atoms with Gasteiger partial charge in [-0.3, -0.25) is 0 Å². The van der Waals surface area contributed by atoms with Crippen molar-refractivity contribution < 1.29 is 4.74 Å². The number of rotatable bonds is 3. The van der Waals surface area contributed by atoms with Crippen LogP contribution >= 0.6 is 12.2 Å². The maximum Gasteiger partial charge on any atom is 0.166 e. The summed E-state index contributed by atoms with van der Waals surface area (Å²) in [6, 6.07) is 0.380. The average Bonchev–Trinajstić information content (AvgIpc) is 2.53. The normalized spacial score (nSPS) is 21.2. The summed E-state index contributed by atoms with van der Waals surface area (Å²) in [5.41, 5.74) is 1.08. The van der Waals surface area contributed by atoms with Gasteiger partial charge < -0.3 is 15.4 Å². The van der Waals surface area contributed by atoms with E-state index in [0.717, 1.165) is 31.8 Å². The van der Waals surface area contributed by atoms with Crippen LogP contribution in [0.3, 0.4) is 0 Å². The Bertz CT molecular complexity index is 200. The quantitative estimate of drug-likeness (QED) is 0.522. The smallest absolute Gasteiger partial charge is 0.166 e. The second kappa shape index (κ2) is 5.19. The van der Waals surface area contributed by atoms with Gasteiger partial charge in [-0.2, -0.15) is 0 Å². The van der Waals surface area contributed by atoms with Crippen LogP contribution in [0.25, 0.3) is 0 Å². The second-order valence-electron chi connectivity index (χ2n) is 3.34. The van der Waals surface area contributed by atoms with Crippen LogP contribution in [0.5, 0.6) is 0 Å². The van der Waals surface area contributed by atoms with Gasteiger partial charge in [-0.15, -0.1) is 0 Å².